The Morgan fingerprint density at radius 3 is 2.94 bits per heavy atom. The number of hydrogen-bond donors (Lipinski definition) is 1. The Morgan fingerprint density at radius 1 is 1.39 bits per heavy atom. The van der Waals surface area contributed by atoms with Gasteiger partial charge in [0.2, 0.25) is 0 Å². The Labute approximate surface area is 105 Å². The minimum Gasteiger partial charge on any atom is -0.379 e. The second-order valence-electron chi connectivity index (χ2n) is 4.63. The van der Waals surface area contributed by atoms with E-state index in [2.05, 4.69) is 0 Å². The topological polar surface area (TPSA) is 57.2 Å². The third-order valence-electron chi connectivity index (χ3n) is 3.51. The van der Waals surface area contributed by atoms with E-state index < -0.39 is 0 Å². The Bertz CT molecular complexity index is 627. The Hall–Kier alpha value is -1.65. The standard InChI is InChI=1S/C14H16N2O2/c15-8-11-7-10-3-1-2-4-13(10)16(14(11)17)12-5-6-18-9-12/h1-4,7,12H,5-6,8-9,15H2. The van der Waals surface area contributed by atoms with E-state index in [0.717, 1.165) is 23.9 Å². The van der Waals surface area contributed by atoms with Gasteiger partial charge in [-0.2, -0.15) is 0 Å². The van der Waals surface area contributed by atoms with Crippen LogP contribution in [0.15, 0.2) is 35.1 Å². The predicted octanol–water partition coefficient (Wildman–Crippen LogP) is 1.42. The summed E-state index contributed by atoms with van der Waals surface area (Å²) in [5, 5.41) is 1.06. The first-order valence-corrected chi connectivity index (χ1v) is 6.22. The van der Waals surface area contributed by atoms with Crippen molar-refractivity contribution in [2.24, 2.45) is 5.73 Å². The molecule has 0 radical (unpaired) electrons. The molecule has 1 unspecified atom stereocenters. The smallest absolute Gasteiger partial charge is 0.255 e. The third kappa shape index (κ3) is 1.74. The van der Waals surface area contributed by atoms with E-state index in [1.165, 1.54) is 0 Å². The second kappa shape index (κ2) is 4.55. The Kier molecular flexibility index (Phi) is 2.89. The largest absolute Gasteiger partial charge is 0.379 e. The van der Waals surface area contributed by atoms with Gasteiger partial charge in [0.05, 0.1) is 18.2 Å². The fourth-order valence-electron chi connectivity index (χ4n) is 2.58. The molecule has 1 aromatic carbocycles. The van der Waals surface area contributed by atoms with E-state index in [1.54, 1.807) is 0 Å². The summed E-state index contributed by atoms with van der Waals surface area (Å²) in [6.45, 7) is 1.60. The first-order chi connectivity index (χ1) is 8.81. The molecule has 3 rings (SSSR count). The van der Waals surface area contributed by atoms with Crippen LogP contribution in [0.4, 0.5) is 0 Å². The summed E-state index contributed by atoms with van der Waals surface area (Å²) in [6.07, 6.45) is 0.887. The predicted molar refractivity (Wildman–Crippen MR) is 70.6 cm³/mol. The van der Waals surface area contributed by atoms with Gasteiger partial charge in [-0.3, -0.25) is 4.79 Å². The molecule has 2 aromatic rings. The molecule has 94 valence electrons. The molecule has 2 heterocycles. The summed E-state index contributed by atoms with van der Waals surface area (Å²) in [6, 6.07) is 9.95. The average Bonchev–Trinajstić information content (AvgIpc) is 2.91. The van der Waals surface area contributed by atoms with E-state index in [0.29, 0.717) is 12.2 Å². The highest BCUT2D eigenvalue weighted by Crippen LogP contribution is 2.23. The van der Waals surface area contributed by atoms with Crippen molar-refractivity contribution in [3.63, 3.8) is 0 Å². The second-order valence-corrected chi connectivity index (χ2v) is 4.63. The van der Waals surface area contributed by atoms with Crippen molar-refractivity contribution in [2.75, 3.05) is 13.2 Å². The van der Waals surface area contributed by atoms with Gasteiger partial charge in [0.1, 0.15) is 0 Å². The Morgan fingerprint density at radius 2 is 2.22 bits per heavy atom. The fraction of sp³-hybridized carbons (Fsp3) is 0.357. The van der Waals surface area contributed by atoms with Crippen LogP contribution in [-0.2, 0) is 11.3 Å². The highest BCUT2D eigenvalue weighted by molar-refractivity contribution is 5.79. The number of fused-ring (bicyclic) bond motifs is 1. The molecule has 4 nitrogen and oxygen atoms in total. The molecule has 0 aliphatic carbocycles. The molecule has 4 heteroatoms. The zero-order chi connectivity index (χ0) is 12.5. The number of aromatic nitrogens is 1. The van der Waals surface area contributed by atoms with Crippen LogP contribution in [0.1, 0.15) is 18.0 Å². The number of benzene rings is 1. The average molecular weight is 244 g/mol. The first kappa shape index (κ1) is 11.4. The quantitative estimate of drug-likeness (QED) is 0.869. The van der Waals surface area contributed by atoms with E-state index in [1.807, 2.05) is 34.9 Å². The molecule has 1 aliphatic rings. The lowest BCUT2D eigenvalue weighted by atomic mass is 10.1. The van der Waals surface area contributed by atoms with E-state index >= 15 is 0 Å². The lowest BCUT2D eigenvalue weighted by Gasteiger charge is -2.17. The van der Waals surface area contributed by atoms with Crippen molar-refractivity contribution < 1.29 is 4.74 Å². The van der Waals surface area contributed by atoms with Crippen LogP contribution in [0.25, 0.3) is 10.9 Å². The fourth-order valence-corrected chi connectivity index (χ4v) is 2.58. The number of rotatable bonds is 2. The van der Waals surface area contributed by atoms with E-state index in [4.69, 9.17) is 10.5 Å². The lowest BCUT2D eigenvalue weighted by Crippen LogP contribution is -2.29. The summed E-state index contributed by atoms with van der Waals surface area (Å²) in [7, 11) is 0. The van der Waals surface area contributed by atoms with Gasteiger partial charge in [0, 0.05) is 18.7 Å². The van der Waals surface area contributed by atoms with Gasteiger partial charge in [0.25, 0.3) is 5.56 Å². The normalized spacial score (nSPS) is 19.5. The summed E-state index contributed by atoms with van der Waals surface area (Å²) in [5.41, 5.74) is 7.32. The molecule has 0 spiro atoms. The summed E-state index contributed by atoms with van der Waals surface area (Å²) in [5.74, 6) is 0. The first-order valence-electron chi connectivity index (χ1n) is 6.22. The van der Waals surface area contributed by atoms with Crippen LogP contribution >= 0.6 is 0 Å². The minimum atomic E-state index is 0.0201. The van der Waals surface area contributed by atoms with Crippen LogP contribution < -0.4 is 11.3 Å². The Balaban J connectivity index is 2.31. The monoisotopic (exact) mass is 244 g/mol. The zero-order valence-corrected chi connectivity index (χ0v) is 10.1. The highest BCUT2D eigenvalue weighted by atomic mass is 16.5. The van der Waals surface area contributed by atoms with E-state index in [-0.39, 0.29) is 18.1 Å². The van der Waals surface area contributed by atoms with Crippen molar-refractivity contribution in [1.29, 1.82) is 0 Å². The molecule has 0 bridgehead atoms. The van der Waals surface area contributed by atoms with Crippen LogP contribution in [0.5, 0.6) is 0 Å². The molecule has 18 heavy (non-hydrogen) atoms. The van der Waals surface area contributed by atoms with Gasteiger partial charge in [0.15, 0.2) is 0 Å². The van der Waals surface area contributed by atoms with Crippen molar-refractivity contribution in [3.05, 3.63) is 46.2 Å². The number of nitrogens with two attached hydrogens (primary N) is 1. The molecule has 1 fully saturated rings. The summed E-state index contributed by atoms with van der Waals surface area (Å²) < 4.78 is 7.25. The maximum Gasteiger partial charge on any atom is 0.255 e. The van der Waals surface area contributed by atoms with Crippen molar-refractivity contribution >= 4 is 10.9 Å². The van der Waals surface area contributed by atoms with Crippen LogP contribution in [0.2, 0.25) is 0 Å². The van der Waals surface area contributed by atoms with Crippen LogP contribution in [0, 0.1) is 0 Å². The van der Waals surface area contributed by atoms with Gasteiger partial charge < -0.3 is 15.0 Å². The molecule has 1 atom stereocenters. The van der Waals surface area contributed by atoms with Crippen LogP contribution in [-0.4, -0.2) is 17.8 Å². The van der Waals surface area contributed by atoms with Gasteiger partial charge in [-0.05, 0) is 23.9 Å². The van der Waals surface area contributed by atoms with Gasteiger partial charge in [-0.1, -0.05) is 18.2 Å². The van der Waals surface area contributed by atoms with Gasteiger partial charge >= 0.3 is 0 Å². The number of pyridine rings is 1. The third-order valence-corrected chi connectivity index (χ3v) is 3.51. The summed E-state index contributed by atoms with van der Waals surface area (Å²) in [4.78, 5) is 12.4. The number of hydrogen-bond acceptors (Lipinski definition) is 3. The van der Waals surface area contributed by atoms with Gasteiger partial charge in [-0.15, -0.1) is 0 Å². The minimum absolute atomic E-state index is 0.0201. The highest BCUT2D eigenvalue weighted by Gasteiger charge is 2.21. The van der Waals surface area contributed by atoms with E-state index in [9.17, 15) is 4.79 Å². The zero-order valence-electron chi connectivity index (χ0n) is 10.1. The molecular weight excluding hydrogens is 228 g/mol. The maximum absolute atomic E-state index is 12.4. The van der Waals surface area contributed by atoms with Crippen molar-refractivity contribution in [1.82, 2.24) is 4.57 Å². The molecule has 1 aromatic heterocycles. The van der Waals surface area contributed by atoms with Crippen LogP contribution in [0.3, 0.4) is 0 Å². The lowest BCUT2D eigenvalue weighted by molar-refractivity contribution is 0.186. The molecule has 0 amide bonds. The number of para-hydroxylation sites is 1. The number of nitrogens with zero attached hydrogens (tertiary/aromatic N) is 1. The van der Waals surface area contributed by atoms with Gasteiger partial charge in [-0.25, -0.2) is 0 Å². The SMILES string of the molecule is NCc1cc2ccccc2n(C2CCOC2)c1=O. The molecular formula is C14H16N2O2. The van der Waals surface area contributed by atoms with Crippen molar-refractivity contribution in [2.45, 2.75) is 19.0 Å². The molecule has 0 saturated carbocycles. The molecule has 2 N–H and O–H groups in total. The summed E-state index contributed by atoms with van der Waals surface area (Å²) >= 11 is 0. The molecule has 1 saturated heterocycles. The number of ether oxygens (including phenoxy) is 1. The molecule has 1 aliphatic heterocycles. The van der Waals surface area contributed by atoms with Crippen molar-refractivity contribution in [3.8, 4) is 0 Å². The maximum atomic E-state index is 12.4.